The number of nitrogens with one attached hydrogen (secondary N) is 2. The molecule has 0 aliphatic carbocycles. The van der Waals surface area contributed by atoms with E-state index in [0.717, 1.165) is 53.1 Å². The summed E-state index contributed by atoms with van der Waals surface area (Å²) in [6, 6.07) is 13.8. The van der Waals surface area contributed by atoms with E-state index < -0.39 is 0 Å². The summed E-state index contributed by atoms with van der Waals surface area (Å²) >= 11 is 0. The van der Waals surface area contributed by atoms with Crippen molar-refractivity contribution in [3.63, 3.8) is 0 Å². The van der Waals surface area contributed by atoms with Gasteiger partial charge < -0.3 is 26.1 Å². The van der Waals surface area contributed by atoms with Crippen molar-refractivity contribution in [3.8, 4) is 0 Å². The molecule has 3 aromatic rings. The first kappa shape index (κ1) is 19.8. The summed E-state index contributed by atoms with van der Waals surface area (Å²) < 4.78 is 2.19. The minimum Gasteiger partial charge on any atom is -0.396 e. The topological polar surface area (TPSA) is 100.0 Å². The molecule has 0 bridgehead atoms. The number of imidazole rings is 1. The monoisotopic (exact) mass is 377 g/mol. The molecule has 28 heavy (non-hydrogen) atoms. The summed E-state index contributed by atoms with van der Waals surface area (Å²) in [5.74, 6) is 0.919. The van der Waals surface area contributed by atoms with Crippen molar-refractivity contribution in [2.45, 2.75) is 32.5 Å². The lowest BCUT2D eigenvalue weighted by Gasteiger charge is -2.13. The maximum absolute atomic E-state index is 9.12. The Morgan fingerprint density at radius 2 is 2.07 bits per heavy atom. The van der Waals surface area contributed by atoms with Crippen LogP contribution in [0.1, 0.15) is 29.8 Å². The highest BCUT2D eigenvalue weighted by molar-refractivity contribution is 6.09. The van der Waals surface area contributed by atoms with Crippen LogP contribution in [0.4, 0.5) is 5.69 Å². The van der Waals surface area contributed by atoms with Gasteiger partial charge in [-0.15, -0.1) is 0 Å². The van der Waals surface area contributed by atoms with Crippen molar-refractivity contribution in [1.82, 2.24) is 9.55 Å². The van der Waals surface area contributed by atoms with Crippen LogP contribution in [0, 0.1) is 5.41 Å². The second kappa shape index (κ2) is 9.30. The molecule has 0 saturated heterocycles. The van der Waals surface area contributed by atoms with Gasteiger partial charge in [0, 0.05) is 30.9 Å². The van der Waals surface area contributed by atoms with Gasteiger partial charge in [-0.3, -0.25) is 0 Å². The number of unbranched alkanes of at least 4 members (excludes halogenated alkanes) is 1. The van der Waals surface area contributed by atoms with Gasteiger partial charge >= 0.3 is 0 Å². The molecule has 1 aromatic heterocycles. The Morgan fingerprint density at radius 3 is 2.82 bits per heavy atom. The highest BCUT2D eigenvalue weighted by atomic mass is 16.2. The van der Waals surface area contributed by atoms with Crippen LogP contribution in [0.5, 0.6) is 0 Å². The van der Waals surface area contributed by atoms with Crippen molar-refractivity contribution in [1.29, 1.82) is 5.41 Å². The van der Waals surface area contributed by atoms with Crippen LogP contribution in [0.15, 0.2) is 55.1 Å². The van der Waals surface area contributed by atoms with Crippen LogP contribution in [0.25, 0.3) is 11.0 Å². The lowest BCUT2D eigenvalue weighted by Crippen LogP contribution is -2.11. The number of nitrogens with two attached hydrogens (primary N) is 1. The van der Waals surface area contributed by atoms with Gasteiger partial charge in [0.1, 0.15) is 5.82 Å². The van der Waals surface area contributed by atoms with E-state index in [1.54, 1.807) is 6.08 Å². The minimum absolute atomic E-state index is 0.189. The van der Waals surface area contributed by atoms with Crippen molar-refractivity contribution < 1.29 is 5.11 Å². The molecule has 6 heteroatoms. The van der Waals surface area contributed by atoms with Crippen molar-refractivity contribution >= 4 is 22.4 Å². The summed E-state index contributed by atoms with van der Waals surface area (Å²) in [6.07, 6.45) is 3.18. The SMILES string of the molecule is C=CC(=N)c1ccccc1NCc1nc2cc(CN)ccc2n1CCCCO. The van der Waals surface area contributed by atoms with Gasteiger partial charge in [0.05, 0.1) is 23.3 Å². The first-order valence-corrected chi connectivity index (χ1v) is 9.51. The van der Waals surface area contributed by atoms with E-state index in [4.69, 9.17) is 21.2 Å². The molecule has 0 aliphatic rings. The number of hydrogen-bond donors (Lipinski definition) is 4. The molecule has 3 rings (SSSR count). The molecule has 2 aromatic carbocycles. The highest BCUT2D eigenvalue weighted by Gasteiger charge is 2.12. The normalized spacial score (nSPS) is 10.9. The Balaban J connectivity index is 1.90. The Labute approximate surface area is 165 Å². The third kappa shape index (κ3) is 4.30. The fourth-order valence-electron chi connectivity index (χ4n) is 3.27. The second-order valence-corrected chi connectivity index (χ2v) is 6.65. The molecule has 6 nitrogen and oxygen atoms in total. The number of fused-ring (bicyclic) bond motifs is 1. The molecule has 0 aliphatic heterocycles. The van der Waals surface area contributed by atoms with Gasteiger partial charge in [0.15, 0.2) is 0 Å². The fraction of sp³-hybridized carbons (Fsp3) is 0.273. The number of aliphatic hydroxyl groups is 1. The highest BCUT2D eigenvalue weighted by Crippen LogP contribution is 2.21. The molecule has 0 atom stereocenters. The van der Waals surface area contributed by atoms with Crippen molar-refractivity contribution in [2.24, 2.45) is 5.73 Å². The Kier molecular flexibility index (Phi) is 6.57. The molecule has 146 valence electrons. The van der Waals surface area contributed by atoms with Gasteiger partial charge in [-0.25, -0.2) is 4.98 Å². The molecule has 0 unspecified atom stereocenters. The maximum Gasteiger partial charge on any atom is 0.129 e. The Bertz CT molecular complexity index is 976. The molecule has 1 heterocycles. The number of anilines is 1. The summed E-state index contributed by atoms with van der Waals surface area (Å²) in [4.78, 5) is 4.82. The molecule has 0 saturated carbocycles. The van der Waals surface area contributed by atoms with Crippen LogP contribution < -0.4 is 11.1 Å². The van der Waals surface area contributed by atoms with E-state index in [9.17, 15) is 0 Å². The zero-order valence-corrected chi connectivity index (χ0v) is 16.0. The predicted octanol–water partition coefficient (Wildman–Crippen LogP) is 3.43. The summed E-state index contributed by atoms with van der Waals surface area (Å²) in [7, 11) is 0. The van der Waals surface area contributed by atoms with E-state index in [-0.39, 0.29) is 6.61 Å². The molecule has 0 radical (unpaired) electrons. The number of aliphatic hydroxyl groups excluding tert-OH is 1. The largest absolute Gasteiger partial charge is 0.396 e. The molecule has 0 amide bonds. The van der Waals surface area contributed by atoms with Crippen LogP contribution >= 0.6 is 0 Å². The summed E-state index contributed by atoms with van der Waals surface area (Å²) in [6.45, 7) is 5.70. The molecule has 0 fully saturated rings. The van der Waals surface area contributed by atoms with E-state index in [0.29, 0.717) is 18.8 Å². The van der Waals surface area contributed by atoms with Crippen LogP contribution in [-0.4, -0.2) is 27.0 Å². The number of allylic oxidation sites excluding steroid dienone is 1. The molecule has 5 N–H and O–H groups in total. The molecular formula is C22H27N5O. The smallest absolute Gasteiger partial charge is 0.129 e. The number of para-hydroxylation sites is 1. The lowest BCUT2D eigenvalue weighted by molar-refractivity contribution is 0.281. The minimum atomic E-state index is 0.189. The maximum atomic E-state index is 9.12. The predicted molar refractivity (Wildman–Crippen MR) is 115 cm³/mol. The van der Waals surface area contributed by atoms with E-state index in [1.807, 2.05) is 36.4 Å². The number of nitrogens with zero attached hydrogens (tertiary/aromatic N) is 2. The number of benzene rings is 2. The first-order valence-electron chi connectivity index (χ1n) is 9.51. The van der Waals surface area contributed by atoms with Crippen molar-refractivity contribution in [2.75, 3.05) is 11.9 Å². The third-order valence-corrected chi connectivity index (χ3v) is 4.78. The number of aromatic nitrogens is 2. The number of hydrogen-bond acceptors (Lipinski definition) is 5. The van der Waals surface area contributed by atoms with Crippen molar-refractivity contribution in [3.05, 3.63) is 72.1 Å². The lowest BCUT2D eigenvalue weighted by atomic mass is 10.1. The summed E-state index contributed by atoms with van der Waals surface area (Å²) in [5.41, 5.74) is 10.9. The average Bonchev–Trinajstić information content (AvgIpc) is 3.08. The molecule has 0 spiro atoms. The van der Waals surface area contributed by atoms with Crippen LogP contribution in [-0.2, 0) is 19.6 Å². The van der Waals surface area contributed by atoms with E-state index in [2.05, 4.69) is 22.5 Å². The zero-order chi connectivity index (χ0) is 19.9. The average molecular weight is 377 g/mol. The number of aryl methyl sites for hydroxylation is 1. The number of rotatable bonds is 10. The third-order valence-electron chi connectivity index (χ3n) is 4.78. The zero-order valence-electron chi connectivity index (χ0n) is 16.0. The van der Waals surface area contributed by atoms with E-state index >= 15 is 0 Å². The van der Waals surface area contributed by atoms with Gasteiger partial charge in [-0.2, -0.15) is 0 Å². The Morgan fingerprint density at radius 1 is 1.25 bits per heavy atom. The van der Waals surface area contributed by atoms with Gasteiger partial charge in [0.2, 0.25) is 0 Å². The van der Waals surface area contributed by atoms with Crippen LogP contribution in [0.2, 0.25) is 0 Å². The first-order chi connectivity index (χ1) is 13.7. The fourth-order valence-corrected chi connectivity index (χ4v) is 3.27. The quantitative estimate of drug-likeness (QED) is 0.321. The second-order valence-electron chi connectivity index (χ2n) is 6.65. The van der Waals surface area contributed by atoms with Gasteiger partial charge in [-0.1, -0.05) is 30.8 Å². The van der Waals surface area contributed by atoms with E-state index in [1.165, 1.54) is 0 Å². The molecular weight excluding hydrogens is 350 g/mol. The van der Waals surface area contributed by atoms with Gasteiger partial charge in [0.25, 0.3) is 0 Å². The standard InChI is InChI=1S/C22H27N5O/c1-2-18(24)17-7-3-4-8-19(17)25-15-22-26-20-13-16(14-23)9-10-21(20)27(22)11-5-6-12-28/h2-4,7-10,13,24-25,28H,1,5-6,11-12,14-15,23H2. The Hall–Kier alpha value is -2.96. The van der Waals surface area contributed by atoms with Crippen LogP contribution in [0.3, 0.4) is 0 Å². The summed E-state index contributed by atoms with van der Waals surface area (Å²) in [5, 5.41) is 20.6. The van der Waals surface area contributed by atoms with Gasteiger partial charge in [-0.05, 0) is 42.7 Å².